The van der Waals surface area contributed by atoms with Crippen molar-refractivity contribution in [2.75, 3.05) is 20.8 Å². The van der Waals surface area contributed by atoms with Crippen LogP contribution in [0.4, 0.5) is 13.2 Å². The van der Waals surface area contributed by atoms with Gasteiger partial charge in [-0.1, -0.05) is 36.9 Å². The molecule has 0 saturated carbocycles. The highest BCUT2D eigenvalue weighted by Gasteiger charge is 2.34. The Labute approximate surface area is 194 Å². The predicted molar refractivity (Wildman–Crippen MR) is 126 cm³/mol. The van der Waals surface area contributed by atoms with Crippen LogP contribution in [-0.2, 0) is 11.0 Å². The molecule has 0 bridgehead atoms. The smallest absolute Gasteiger partial charge is 0.419 e. The molecule has 0 aliphatic rings. The van der Waals surface area contributed by atoms with Gasteiger partial charge in [-0.15, -0.1) is 0 Å². The molecule has 0 heterocycles. The molecule has 0 aliphatic carbocycles. The average Bonchev–Trinajstić information content (AvgIpc) is 2.77. The van der Waals surface area contributed by atoms with Crippen molar-refractivity contribution in [2.45, 2.75) is 40.3 Å². The second-order valence-electron chi connectivity index (χ2n) is 7.25. The van der Waals surface area contributed by atoms with Gasteiger partial charge in [-0.05, 0) is 57.0 Å². The summed E-state index contributed by atoms with van der Waals surface area (Å²) in [6.07, 6.45) is -0.396. The maximum Gasteiger partial charge on any atom is 0.419 e. The first-order valence-electron chi connectivity index (χ1n) is 10.3. The Balaban J connectivity index is 3.21. The van der Waals surface area contributed by atoms with Gasteiger partial charge in [0, 0.05) is 18.3 Å². The summed E-state index contributed by atoms with van der Waals surface area (Å²) < 4.78 is 44.8. The zero-order chi connectivity index (χ0) is 25.2. The second kappa shape index (κ2) is 12.9. The van der Waals surface area contributed by atoms with Gasteiger partial charge in [0.25, 0.3) is 0 Å². The Kier molecular flexibility index (Phi) is 10.9. The van der Waals surface area contributed by atoms with E-state index >= 15 is 0 Å². The number of ether oxygens (including phenoxy) is 1. The zero-order valence-electron chi connectivity index (χ0n) is 20.1. The molecule has 6 nitrogen and oxygen atoms in total. The Hall–Kier alpha value is -3.04. The van der Waals surface area contributed by atoms with E-state index in [9.17, 15) is 13.2 Å². The molecule has 1 rings (SSSR count). The number of methoxy groups -OCH3 is 1. The van der Waals surface area contributed by atoms with Crippen LogP contribution < -0.4 is 15.7 Å². The summed E-state index contributed by atoms with van der Waals surface area (Å²) in [5.74, 6) is -0.251. The summed E-state index contributed by atoms with van der Waals surface area (Å²) in [5.41, 5.74) is 8.96. The Morgan fingerprint density at radius 3 is 2.39 bits per heavy atom. The van der Waals surface area contributed by atoms with Crippen LogP contribution in [0.2, 0.25) is 0 Å². The molecule has 9 heteroatoms. The lowest BCUT2D eigenvalue weighted by atomic mass is 10.1. The molecule has 2 N–H and O–H groups in total. The van der Waals surface area contributed by atoms with Gasteiger partial charge in [0.2, 0.25) is 0 Å². The molecule has 0 saturated heterocycles. The first-order valence-corrected chi connectivity index (χ1v) is 10.3. The normalized spacial score (nSPS) is 12.3. The van der Waals surface area contributed by atoms with Crippen LogP contribution in [0.25, 0.3) is 0 Å². The molecular weight excluding hydrogens is 433 g/mol. The lowest BCUT2D eigenvalue weighted by Crippen LogP contribution is -2.44. The van der Waals surface area contributed by atoms with E-state index in [0.29, 0.717) is 12.1 Å². The minimum atomic E-state index is -4.55. The summed E-state index contributed by atoms with van der Waals surface area (Å²) in [5, 5.41) is 5.83. The number of nitrogens with zero attached hydrogens (tertiary/aromatic N) is 2. The number of nitrogens with one attached hydrogen (secondary N) is 2. The topological polar surface area (TPSA) is 58.1 Å². The summed E-state index contributed by atoms with van der Waals surface area (Å²) in [7, 11) is 2.93. The predicted octanol–water partition coefficient (Wildman–Crippen LogP) is 5.73. The van der Waals surface area contributed by atoms with Crippen LogP contribution in [0.3, 0.4) is 0 Å². The van der Waals surface area contributed by atoms with Gasteiger partial charge in [0.15, 0.2) is 0 Å². The molecule has 1 aromatic carbocycles. The summed E-state index contributed by atoms with van der Waals surface area (Å²) in [4.78, 5) is 5.56. The van der Waals surface area contributed by atoms with Gasteiger partial charge in [0.05, 0.1) is 24.1 Å². The van der Waals surface area contributed by atoms with Crippen molar-refractivity contribution in [3.63, 3.8) is 0 Å². The molecule has 0 amide bonds. The standard InChI is InChI=1S/C24H33F3N4O2/c1-9-11-22(31(30-28-7)17(5)10-2)20(16(3)4)15-33-29-18(6)19-12-13-23(32-8)21(14-19)24(25,26)27/h9,11-14,28,30H,1,5,10,15H2,2-4,6-8H3/b22-11+,29-18?. The third-order valence-corrected chi connectivity index (χ3v) is 4.71. The number of hydrogen-bond donors (Lipinski definition) is 2. The van der Waals surface area contributed by atoms with Gasteiger partial charge < -0.3 is 9.57 Å². The van der Waals surface area contributed by atoms with Crippen molar-refractivity contribution < 1.29 is 22.7 Å². The number of rotatable bonds is 12. The third kappa shape index (κ3) is 7.80. The fraction of sp³-hybridized carbons (Fsp3) is 0.375. The van der Waals surface area contributed by atoms with E-state index < -0.39 is 11.7 Å². The Morgan fingerprint density at radius 1 is 1.24 bits per heavy atom. The largest absolute Gasteiger partial charge is 0.496 e. The molecule has 0 radical (unpaired) electrons. The average molecular weight is 467 g/mol. The summed E-state index contributed by atoms with van der Waals surface area (Å²) in [6.45, 7) is 15.4. The van der Waals surface area contributed by atoms with Crippen LogP contribution in [0, 0.1) is 0 Å². The first-order chi connectivity index (χ1) is 15.5. The van der Waals surface area contributed by atoms with Crippen molar-refractivity contribution in [1.82, 2.24) is 16.0 Å². The fourth-order valence-electron chi connectivity index (χ4n) is 2.88. The van der Waals surface area contributed by atoms with E-state index in [1.54, 1.807) is 25.1 Å². The number of oxime groups is 1. The quantitative estimate of drug-likeness (QED) is 0.234. The summed E-state index contributed by atoms with van der Waals surface area (Å²) in [6, 6.07) is 3.77. The van der Waals surface area contributed by atoms with Crippen LogP contribution in [-0.4, -0.2) is 31.5 Å². The molecule has 1 aromatic rings. The van der Waals surface area contributed by atoms with E-state index in [4.69, 9.17) is 9.57 Å². The van der Waals surface area contributed by atoms with Gasteiger partial charge in [-0.2, -0.15) is 18.7 Å². The van der Waals surface area contributed by atoms with E-state index in [0.717, 1.165) is 28.6 Å². The third-order valence-electron chi connectivity index (χ3n) is 4.71. The molecule has 0 aromatic heterocycles. The molecule has 0 unspecified atom stereocenters. The highest BCUT2D eigenvalue weighted by atomic mass is 19.4. The maximum absolute atomic E-state index is 13.3. The fourth-order valence-corrected chi connectivity index (χ4v) is 2.88. The molecule has 0 spiro atoms. The minimum Gasteiger partial charge on any atom is -0.496 e. The number of halogens is 3. The lowest BCUT2D eigenvalue weighted by molar-refractivity contribution is -0.138. The highest BCUT2D eigenvalue weighted by Crippen LogP contribution is 2.36. The van der Waals surface area contributed by atoms with Gasteiger partial charge in [0.1, 0.15) is 12.4 Å². The highest BCUT2D eigenvalue weighted by molar-refractivity contribution is 5.98. The van der Waals surface area contributed by atoms with Crippen LogP contribution in [0.5, 0.6) is 5.75 Å². The molecule has 33 heavy (non-hydrogen) atoms. The second-order valence-corrected chi connectivity index (χ2v) is 7.25. The maximum atomic E-state index is 13.3. The van der Waals surface area contributed by atoms with E-state index in [-0.39, 0.29) is 17.9 Å². The Morgan fingerprint density at radius 2 is 1.91 bits per heavy atom. The van der Waals surface area contributed by atoms with Crippen molar-refractivity contribution in [2.24, 2.45) is 5.16 Å². The Bertz CT molecular complexity index is 930. The van der Waals surface area contributed by atoms with E-state index in [1.165, 1.54) is 19.2 Å². The molecule has 0 atom stereocenters. The van der Waals surface area contributed by atoms with Crippen LogP contribution >= 0.6 is 0 Å². The van der Waals surface area contributed by atoms with Crippen molar-refractivity contribution in [1.29, 1.82) is 0 Å². The monoisotopic (exact) mass is 466 g/mol. The first kappa shape index (κ1) is 28.0. The lowest BCUT2D eigenvalue weighted by Gasteiger charge is -2.30. The number of hydrazine groups is 2. The van der Waals surface area contributed by atoms with Crippen molar-refractivity contribution >= 4 is 5.71 Å². The zero-order valence-corrected chi connectivity index (χ0v) is 20.1. The van der Waals surface area contributed by atoms with Crippen molar-refractivity contribution in [3.8, 4) is 5.75 Å². The summed E-state index contributed by atoms with van der Waals surface area (Å²) >= 11 is 0. The van der Waals surface area contributed by atoms with Crippen LogP contribution in [0.1, 0.15) is 45.2 Å². The van der Waals surface area contributed by atoms with Gasteiger partial charge in [-0.3, -0.25) is 5.01 Å². The van der Waals surface area contributed by atoms with Crippen molar-refractivity contribution in [3.05, 3.63) is 77.2 Å². The van der Waals surface area contributed by atoms with E-state index in [2.05, 4.69) is 29.3 Å². The molecular formula is C24H33F3N4O2. The molecule has 0 fully saturated rings. The number of alkyl halides is 3. The molecule has 182 valence electrons. The minimum absolute atomic E-state index is 0.0838. The molecule has 0 aliphatic heterocycles. The number of allylic oxidation sites excluding steroid dienone is 4. The van der Waals surface area contributed by atoms with Gasteiger partial charge >= 0.3 is 6.18 Å². The SMILES string of the molecule is C=C/C=C(\C(CON=C(C)c1ccc(OC)c(C(F)(F)F)c1)=C(C)C)N(NNC)C(=C)CC. The van der Waals surface area contributed by atoms with Crippen LogP contribution in [0.15, 0.2) is 71.2 Å². The number of hydrogen-bond acceptors (Lipinski definition) is 6. The van der Waals surface area contributed by atoms with Gasteiger partial charge in [-0.25, -0.2) is 5.43 Å². The number of benzene rings is 1. The van der Waals surface area contributed by atoms with E-state index in [1.807, 2.05) is 26.8 Å².